The van der Waals surface area contributed by atoms with Gasteiger partial charge >= 0.3 is 0 Å². The maximum absolute atomic E-state index is 13.0. The maximum atomic E-state index is 13.0. The molecule has 0 atom stereocenters. The SMILES string of the molecule is O=C(CN1CCC(NS(=O)(=O)c2ccc(F)cc2)CC1)Nc1ccc([N+](=O)[O-])cc1Cl. The highest BCUT2D eigenvalue weighted by Crippen LogP contribution is 2.26. The summed E-state index contributed by atoms with van der Waals surface area (Å²) in [6.45, 7) is 1.07. The number of piperidine rings is 1. The summed E-state index contributed by atoms with van der Waals surface area (Å²) in [5.74, 6) is -0.846. The third-order valence-electron chi connectivity index (χ3n) is 4.84. The van der Waals surface area contributed by atoms with Gasteiger partial charge in [-0.1, -0.05) is 11.6 Å². The molecule has 1 fully saturated rings. The second-order valence-electron chi connectivity index (χ2n) is 7.10. The van der Waals surface area contributed by atoms with Gasteiger partial charge in [0, 0.05) is 31.3 Å². The van der Waals surface area contributed by atoms with E-state index in [1.807, 2.05) is 4.90 Å². The Hall–Kier alpha value is -2.60. The number of anilines is 1. The minimum absolute atomic E-state index is 0.00400. The number of nitrogens with one attached hydrogen (secondary N) is 2. The van der Waals surface area contributed by atoms with Gasteiger partial charge in [-0.2, -0.15) is 0 Å². The summed E-state index contributed by atoms with van der Waals surface area (Å²) in [5, 5.41) is 13.4. The van der Waals surface area contributed by atoms with Crippen molar-refractivity contribution in [2.24, 2.45) is 0 Å². The number of carbonyl (C=O) groups excluding carboxylic acids is 1. The molecule has 1 amide bonds. The molecule has 0 saturated carbocycles. The lowest BCUT2D eigenvalue weighted by atomic mass is 10.1. The number of halogens is 2. The normalized spacial score (nSPS) is 15.5. The van der Waals surface area contributed by atoms with E-state index >= 15 is 0 Å². The van der Waals surface area contributed by atoms with Crippen molar-refractivity contribution >= 4 is 38.9 Å². The zero-order valence-electron chi connectivity index (χ0n) is 16.3. The van der Waals surface area contributed by atoms with Gasteiger partial charge in [-0.25, -0.2) is 17.5 Å². The summed E-state index contributed by atoms with van der Waals surface area (Å²) in [4.78, 5) is 24.3. The van der Waals surface area contributed by atoms with Crippen molar-refractivity contribution < 1.29 is 22.5 Å². The van der Waals surface area contributed by atoms with Crippen molar-refractivity contribution in [3.63, 3.8) is 0 Å². The van der Waals surface area contributed by atoms with Gasteiger partial charge in [-0.05, 0) is 43.2 Å². The van der Waals surface area contributed by atoms with Crippen LogP contribution in [-0.4, -0.2) is 49.8 Å². The Labute approximate surface area is 183 Å². The smallest absolute Gasteiger partial charge is 0.271 e. The maximum Gasteiger partial charge on any atom is 0.271 e. The van der Waals surface area contributed by atoms with Crippen molar-refractivity contribution in [3.05, 3.63) is 63.4 Å². The average molecular weight is 471 g/mol. The number of non-ortho nitro benzene ring substituents is 1. The molecule has 2 aromatic rings. The first-order valence-corrected chi connectivity index (χ1v) is 11.2. The summed E-state index contributed by atoms with van der Waals surface area (Å²) in [6, 6.07) is 8.09. The molecule has 1 aliphatic heterocycles. The second-order valence-corrected chi connectivity index (χ2v) is 9.22. The number of hydrogen-bond donors (Lipinski definition) is 2. The highest BCUT2D eigenvalue weighted by molar-refractivity contribution is 7.89. The lowest BCUT2D eigenvalue weighted by molar-refractivity contribution is -0.384. The van der Waals surface area contributed by atoms with Crippen LogP contribution >= 0.6 is 11.6 Å². The number of nitro benzene ring substituents is 1. The first kappa shape index (κ1) is 23.1. The Morgan fingerprint density at radius 2 is 1.84 bits per heavy atom. The van der Waals surface area contributed by atoms with Crippen LogP contribution in [0.5, 0.6) is 0 Å². The van der Waals surface area contributed by atoms with E-state index in [0.29, 0.717) is 25.9 Å². The standard InChI is InChI=1S/C19H20ClFN4O5S/c20-17-11-15(25(27)28)3-6-18(17)22-19(26)12-24-9-7-14(8-10-24)23-31(29,30)16-4-1-13(21)2-5-16/h1-6,11,14,23H,7-10,12H2,(H,22,26). The zero-order chi connectivity index (χ0) is 22.6. The van der Waals surface area contributed by atoms with Crippen LogP contribution in [-0.2, 0) is 14.8 Å². The number of nitrogens with zero attached hydrogens (tertiary/aromatic N) is 2. The number of benzene rings is 2. The van der Waals surface area contributed by atoms with Crippen molar-refractivity contribution in [2.45, 2.75) is 23.8 Å². The first-order valence-electron chi connectivity index (χ1n) is 9.38. The fourth-order valence-corrected chi connectivity index (χ4v) is 4.75. The molecule has 0 unspecified atom stereocenters. The second kappa shape index (κ2) is 9.69. The van der Waals surface area contributed by atoms with E-state index in [4.69, 9.17) is 11.6 Å². The fraction of sp³-hybridized carbons (Fsp3) is 0.316. The third kappa shape index (κ3) is 6.20. The topological polar surface area (TPSA) is 122 Å². The highest BCUT2D eigenvalue weighted by Gasteiger charge is 2.25. The number of hydrogen-bond acceptors (Lipinski definition) is 6. The van der Waals surface area contributed by atoms with Crippen LogP contribution in [0.1, 0.15) is 12.8 Å². The summed E-state index contributed by atoms with van der Waals surface area (Å²) in [6.07, 6.45) is 1.01. The molecule has 0 spiro atoms. The molecule has 9 nitrogen and oxygen atoms in total. The predicted octanol–water partition coefficient (Wildman–Crippen LogP) is 2.77. The minimum Gasteiger partial charge on any atom is -0.324 e. The quantitative estimate of drug-likeness (QED) is 0.474. The molecule has 1 saturated heterocycles. The van der Waals surface area contributed by atoms with Gasteiger partial charge in [-0.3, -0.25) is 19.8 Å². The lowest BCUT2D eigenvalue weighted by Crippen LogP contribution is -2.46. The van der Waals surface area contributed by atoms with E-state index < -0.39 is 20.8 Å². The Bertz CT molecular complexity index is 1070. The molecular weight excluding hydrogens is 451 g/mol. The summed E-state index contributed by atoms with van der Waals surface area (Å²) >= 11 is 5.98. The molecule has 31 heavy (non-hydrogen) atoms. The van der Waals surface area contributed by atoms with Gasteiger partial charge in [0.15, 0.2) is 0 Å². The molecular formula is C19H20ClFN4O5S. The largest absolute Gasteiger partial charge is 0.324 e. The van der Waals surface area contributed by atoms with E-state index in [1.165, 1.54) is 24.3 Å². The Balaban J connectivity index is 1.49. The van der Waals surface area contributed by atoms with Gasteiger partial charge in [0.25, 0.3) is 5.69 Å². The Morgan fingerprint density at radius 1 is 1.19 bits per heavy atom. The number of carbonyl (C=O) groups is 1. The van der Waals surface area contributed by atoms with Gasteiger partial charge in [0.1, 0.15) is 5.82 Å². The van der Waals surface area contributed by atoms with Crippen LogP contribution in [0.3, 0.4) is 0 Å². The molecule has 0 aliphatic carbocycles. The van der Waals surface area contributed by atoms with Crippen molar-refractivity contribution in [1.29, 1.82) is 0 Å². The number of sulfonamides is 1. The predicted molar refractivity (Wildman–Crippen MR) is 113 cm³/mol. The van der Waals surface area contributed by atoms with Gasteiger partial charge < -0.3 is 5.32 Å². The van der Waals surface area contributed by atoms with Crippen LogP contribution in [0.25, 0.3) is 0 Å². The van der Waals surface area contributed by atoms with Crippen LogP contribution in [0.15, 0.2) is 47.4 Å². The Kier molecular flexibility index (Phi) is 7.21. The summed E-state index contributed by atoms with van der Waals surface area (Å²) < 4.78 is 40.4. The molecule has 166 valence electrons. The molecule has 12 heteroatoms. The summed E-state index contributed by atoms with van der Waals surface area (Å²) in [5.41, 5.74) is 0.104. The van der Waals surface area contributed by atoms with Crippen LogP contribution in [0, 0.1) is 15.9 Å². The third-order valence-corrected chi connectivity index (χ3v) is 6.69. The van der Waals surface area contributed by atoms with E-state index in [2.05, 4.69) is 10.0 Å². The van der Waals surface area contributed by atoms with Crippen LogP contribution in [0.4, 0.5) is 15.8 Å². The number of amides is 1. The Morgan fingerprint density at radius 3 is 2.42 bits per heavy atom. The van der Waals surface area contributed by atoms with Crippen molar-refractivity contribution in [2.75, 3.05) is 25.0 Å². The van der Waals surface area contributed by atoms with Crippen molar-refractivity contribution in [3.8, 4) is 0 Å². The molecule has 1 heterocycles. The molecule has 3 rings (SSSR count). The molecule has 0 bridgehead atoms. The lowest BCUT2D eigenvalue weighted by Gasteiger charge is -2.31. The van der Waals surface area contributed by atoms with Gasteiger partial charge in [0.2, 0.25) is 15.9 Å². The molecule has 1 aliphatic rings. The number of rotatable bonds is 7. The van der Waals surface area contributed by atoms with Crippen molar-refractivity contribution in [1.82, 2.24) is 9.62 Å². The van der Waals surface area contributed by atoms with Crippen LogP contribution < -0.4 is 10.0 Å². The first-order chi connectivity index (χ1) is 14.6. The van der Waals surface area contributed by atoms with Crippen LogP contribution in [0.2, 0.25) is 5.02 Å². The monoisotopic (exact) mass is 470 g/mol. The average Bonchev–Trinajstić information content (AvgIpc) is 2.71. The van der Waals surface area contributed by atoms with Gasteiger partial charge in [-0.15, -0.1) is 0 Å². The highest BCUT2D eigenvalue weighted by atomic mass is 35.5. The molecule has 0 aromatic heterocycles. The van der Waals surface area contributed by atoms with E-state index in [0.717, 1.165) is 18.2 Å². The minimum atomic E-state index is -3.75. The molecule has 2 N–H and O–H groups in total. The van der Waals surface area contributed by atoms with E-state index in [-0.39, 0.29) is 39.8 Å². The number of nitro groups is 1. The van der Waals surface area contributed by atoms with Gasteiger partial charge in [0.05, 0.1) is 27.1 Å². The zero-order valence-corrected chi connectivity index (χ0v) is 17.8. The summed E-state index contributed by atoms with van der Waals surface area (Å²) in [7, 11) is -3.75. The number of likely N-dealkylation sites (tertiary alicyclic amines) is 1. The molecule has 0 radical (unpaired) electrons. The van der Waals surface area contributed by atoms with E-state index in [1.54, 1.807) is 0 Å². The fourth-order valence-electron chi connectivity index (χ4n) is 3.22. The van der Waals surface area contributed by atoms with E-state index in [9.17, 15) is 27.7 Å². The molecule has 2 aromatic carbocycles.